The van der Waals surface area contributed by atoms with Crippen LogP contribution < -0.4 is 10.6 Å². The molecule has 1 saturated carbocycles. The number of fused-ring (bicyclic) bond motifs is 1. The zero-order valence-corrected chi connectivity index (χ0v) is 25.6. The molecule has 0 amide bonds. The van der Waals surface area contributed by atoms with Crippen LogP contribution in [0.4, 0.5) is 23.0 Å². The Kier molecular flexibility index (Phi) is 9.93. The molecular weight excluding hydrogens is 617 g/mol. The number of benzene rings is 2. The van der Waals surface area contributed by atoms with Gasteiger partial charge >= 0.3 is 0 Å². The van der Waals surface area contributed by atoms with Crippen molar-refractivity contribution in [3.63, 3.8) is 0 Å². The van der Waals surface area contributed by atoms with E-state index in [2.05, 4.69) is 38.5 Å². The lowest BCUT2D eigenvalue weighted by Gasteiger charge is -2.25. The lowest BCUT2D eigenvalue weighted by molar-refractivity contribution is 0.462. The molecule has 0 saturated heterocycles. The van der Waals surface area contributed by atoms with Gasteiger partial charge < -0.3 is 10.6 Å². The summed E-state index contributed by atoms with van der Waals surface area (Å²) < 4.78 is 80.5. The number of nitrogens with one attached hydrogen (secondary N) is 2. The lowest BCUT2D eigenvalue weighted by atomic mass is 9.95. The van der Waals surface area contributed by atoms with Crippen LogP contribution in [0.15, 0.2) is 62.3 Å². The molecule has 1 fully saturated rings. The second-order valence-corrected chi connectivity index (χ2v) is 14.1. The molecule has 1 heterocycles. The highest BCUT2D eigenvalue weighted by molar-refractivity contribution is 7.88. The molecule has 13 nitrogen and oxygen atoms in total. The number of nitrogens with zero attached hydrogens (tertiary/aromatic N) is 4. The third kappa shape index (κ3) is 7.43. The van der Waals surface area contributed by atoms with E-state index in [0.717, 1.165) is 32.1 Å². The summed E-state index contributed by atoms with van der Waals surface area (Å²) in [7, 11) is -11.2. The molecule has 43 heavy (non-hydrogen) atoms. The van der Waals surface area contributed by atoms with E-state index in [1.165, 1.54) is 29.7 Å². The molecule has 2 aromatic carbocycles. The first-order valence-electron chi connectivity index (χ1n) is 13.2. The van der Waals surface area contributed by atoms with Crippen LogP contribution in [0.1, 0.15) is 43.2 Å². The normalized spacial score (nSPS) is 15.3. The van der Waals surface area contributed by atoms with Crippen molar-refractivity contribution in [2.45, 2.75) is 54.9 Å². The molecule has 1 atom stereocenters. The van der Waals surface area contributed by atoms with Crippen molar-refractivity contribution < 1.29 is 30.1 Å². The number of hydrogen-bond donors (Lipinski definition) is 4. The summed E-state index contributed by atoms with van der Waals surface area (Å²) in [4.78, 5) is 2.99. The van der Waals surface area contributed by atoms with Crippen LogP contribution in [-0.2, 0) is 31.0 Å². The van der Waals surface area contributed by atoms with Gasteiger partial charge in [-0.3, -0.25) is 13.3 Å². The molecule has 228 valence electrons. The van der Waals surface area contributed by atoms with Crippen molar-refractivity contribution in [3.05, 3.63) is 53.4 Å². The second-order valence-electron chi connectivity index (χ2n) is 9.84. The van der Waals surface area contributed by atoms with E-state index in [1.807, 2.05) is 0 Å². The van der Waals surface area contributed by atoms with Crippen LogP contribution in [-0.4, -0.2) is 53.5 Å². The summed E-state index contributed by atoms with van der Waals surface area (Å²) in [6, 6.07) is 8.47. The van der Waals surface area contributed by atoms with Gasteiger partial charge in [-0.2, -0.15) is 22.1 Å². The van der Waals surface area contributed by atoms with Gasteiger partial charge in [0.05, 0.1) is 5.56 Å². The van der Waals surface area contributed by atoms with Crippen LogP contribution >= 0.6 is 0 Å². The first-order valence-corrected chi connectivity index (χ1v) is 17.5. The zero-order valence-electron chi connectivity index (χ0n) is 23.1. The van der Waals surface area contributed by atoms with Gasteiger partial charge in [0.25, 0.3) is 20.2 Å². The molecule has 0 spiro atoms. The van der Waals surface area contributed by atoms with Crippen molar-refractivity contribution in [2.24, 2.45) is 10.2 Å². The minimum atomic E-state index is -5.05. The van der Waals surface area contributed by atoms with Crippen LogP contribution in [0.5, 0.6) is 0 Å². The maximum atomic E-state index is 12.4. The van der Waals surface area contributed by atoms with Crippen LogP contribution in [0.3, 0.4) is 0 Å². The molecule has 3 aromatic rings. The van der Waals surface area contributed by atoms with E-state index < -0.39 is 40.8 Å². The minimum absolute atomic E-state index is 0.0181. The molecule has 0 radical (unpaired) electrons. The number of anilines is 2. The largest absolute Gasteiger partial charge is 0.368 e. The van der Waals surface area contributed by atoms with E-state index in [9.17, 15) is 35.4 Å². The van der Waals surface area contributed by atoms with Crippen molar-refractivity contribution in [1.29, 1.82) is 5.26 Å². The van der Waals surface area contributed by atoms with Gasteiger partial charge in [-0.05, 0) is 31.2 Å². The number of aromatic nitrogens is 1. The minimum Gasteiger partial charge on any atom is -0.368 e. The molecule has 1 aliphatic rings. The number of pyridine rings is 1. The molecule has 1 aromatic heterocycles. The number of azo groups is 1. The summed E-state index contributed by atoms with van der Waals surface area (Å²) in [5, 5.41) is 26.1. The summed E-state index contributed by atoms with van der Waals surface area (Å²) in [5.41, 5.74) is 0.251. The first kappa shape index (κ1) is 32.2. The fourth-order valence-corrected chi connectivity index (χ4v) is 6.82. The maximum Gasteiger partial charge on any atom is 0.296 e. The summed E-state index contributed by atoms with van der Waals surface area (Å²) in [6.45, 7) is 5.37. The zero-order chi connectivity index (χ0) is 31.4. The van der Waals surface area contributed by atoms with E-state index in [4.69, 9.17) is 0 Å². The SMILES string of the molecule is C=CS(=O)CCNc1nc(NC2CCCCC2)c(N=Nc2c(S(=O)(=O)O)cc(S(=O)(=O)O)c3ccccc23)c(C)c1C#N. The van der Waals surface area contributed by atoms with Crippen molar-refractivity contribution in [3.8, 4) is 6.07 Å². The summed E-state index contributed by atoms with van der Waals surface area (Å²) >= 11 is 0. The number of hydrogen-bond acceptors (Lipinski definition) is 11. The Bertz CT molecular complexity index is 1880. The van der Waals surface area contributed by atoms with Crippen molar-refractivity contribution >= 4 is 64.8 Å². The Balaban J connectivity index is 1.92. The van der Waals surface area contributed by atoms with Gasteiger partial charge in [-0.1, -0.05) is 50.1 Å². The predicted molar refractivity (Wildman–Crippen MR) is 164 cm³/mol. The van der Waals surface area contributed by atoms with E-state index in [0.29, 0.717) is 11.6 Å². The van der Waals surface area contributed by atoms with Gasteiger partial charge in [0.15, 0.2) is 5.82 Å². The topological polar surface area (TPSA) is 211 Å². The van der Waals surface area contributed by atoms with Gasteiger partial charge in [0, 0.05) is 45.5 Å². The first-order chi connectivity index (χ1) is 20.3. The fraction of sp³-hybridized carbons (Fsp3) is 0.333. The second kappa shape index (κ2) is 13.3. The molecule has 0 bridgehead atoms. The molecular formula is C27H30N6O7S3. The highest BCUT2D eigenvalue weighted by Crippen LogP contribution is 2.41. The van der Waals surface area contributed by atoms with Gasteiger partial charge in [-0.15, -0.1) is 10.2 Å². The Hall–Kier alpha value is -3.75. The maximum absolute atomic E-state index is 12.4. The average Bonchev–Trinajstić information content (AvgIpc) is 2.96. The molecule has 4 N–H and O–H groups in total. The molecule has 1 unspecified atom stereocenters. The highest BCUT2D eigenvalue weighted by Gasteiger charge is 2.26. The van der Waals surface area contributed by atoms with Crippen LogP contribution in [0.25, 0.3) is 10.8 Å². The van der Waals surface area contributed by atoms with Crippen molar-refractivity contribution in [2.75, 3.05) is 22.9 Å². The Morgan fingerprint density at radius 3 is 2.28 bits per heavy atom. The van der Waals surface area contributed by atoms with Crippen LogP contribution in [0, 0.1) is 18.3 Å². The van der Waals surface area contributed by atoms with Crippen molar-refractivity contribution in [1.82, 2.24) is 4.98 Å². The molecule has 0 aliphatic heterocycles. The average molecular weight is 647 g/mol. The summed E-state index contributed by atoms with van der Waals surface area (Å²) in [6.07, 6.45) is 4.85. The van der Waals surface area contributed by atoms with Gasteiger partial charge in [0.2, 0.25) is 0 Å². The van der Waals surface area contributed by atoms with E-state index in [1.54, 1.807) is 6.92 Å². The molecule has 1 aliphatic carbocycles. The molecule has 16 heteroatoms. The van der Waals surface area contributed by atoms with Crippen LogP contribution in [0.2, 0.25) is 0 Å². The Morgan fingerprint density at radius 2 is 1.67 bits per heavy atom. The molecule has 4 rings (SSSR count). The number of nitriles is 1. The standard InChI is InChI=1S/C27H30N6O7S3/c1-3-41(34)14-13-29-26-21(16-28)17(2)24(27(31-26)30-18-9-5-4-6-10-18)32-33-25-20-12-8-7-11-19(20)22(42(35,36)37)15-23(25)43(38,39)40/h3,7-8,11-12,15,18H,1,4-6,9-10,13-14H2,2H3,(H2,29,30,31)(H,35,36,37)(H,38,39,40). The number of rotatable bonds is 11. The smallest absolute Gasteiger partial charge is 0.296 e. The Morgan fingerprint density at radius 1 is 1.05 bits per heavy atom. The summed E-state index contributed by atoms with van der Waals surface area (Å²) in [5.74, 6) is 0.749. The van der Waals surface area contributed by atoms with Gasteiger partial charge in [-0.25, -0.2) is 4.98 Å². The Labute approximate surface area is 252 Å². The monoisotopic (exact) mass is 646 g/mol. The van der Waals surface area contributed by atoms with Gasteiger partial charge in [0.1, 0.15) is 33.1 Å². The highest BCUT2D eigenvalue weighted by atomic mass is 32.2. The van der Waals surface area contributed by atoms with E-state index in [-0.39, 0.29) is 57.7 Å². The third-order valence-electron chi connectivity index (χ3n) is 7.00. The quantitative estimate of drug-likeness (QED) is 0.153. The van der Waals surface area contributed by atoms with E-state index >= 15 is 0 Å². The third-order valence-corrected chi connectivity index (χ3v) is 9.74. The lowest BCUT2D eigenvalue weighted by Crippen LogP contribution is -2.23. The fourth-order valence-electron chi connectivity index (χ4n) is 4.89. The predicted octanol–water partition coefficient (Wildman–Crippen LogP) is 5.37.